The summed E-state index contributed by atoms with van der Waals surface area (Å²) >= 11 is 1.41. The Hall–Kier alpha value is -8.59. The number of aromatic nitrogens is 4. The number of anilines is 2. The molecule has 3 aromatic heterocycles. The molecule has 12 rings (SSSR count). The van der Waals surface area contributed by atoms with Gasteiger partial charge in [0.25, 0.3) is 27.8 Å². The molecule has 5 heterocycles. The summed E-state index contributed by atoms with van der Waals surface area (Å²) in [6.45, 7) is 8.51. The van der Waals surface area contributed by atoms with Crippen LogP contribution in [0, 0.1) is 23.2 Å². The lowest BCUT2D eigenvalue weighted by molar-refractivity contribution is -0.248. The lowest BCUT2D eigenvalue weighted by Crippen LogP contribution is -2.64. The van der Waals surface area contributed by atoms with E-state index in [0.717, 1.165) is 82.6 Å². The summed E-state index contributed by atoms with van der Waals surface area (Å²) in [4.78, 5) is 103. The van der Waals surface area contributed by atoms with Crippen LogP contribution in [0.4, 0.5) is 15.7 Å². The monoisotopic (exact) mass is 1270 g/mol. The normalized spacial score (nSPS) is 21.9. The zero-order valence-corrected chi connectivity index (χ0v) is 52.1. The third-order valence-electron chi connectivity index (χ3n) is 17.8. The fourth-order valence-corrected chi connectivity index (χ4v) is 16.6. The number of pyridine rings is 1. The third kappa shape index (κ3) is 14.1. The Morgan fingerprint density at radius 1 is 0.867 bits per heavy atom. The van der Waals surface area contributed by atoms with Crippen LogP contribution in [-0.4, -0.2) is 153 Å². The van der Waals surface area contributed by atoms with Crippen molar-refractivity contribution < 1.29 is 65.8 Å². The van der Waals surface area contributed by atoms with Gasteiger partial charge in [0.15, 0.2) is 10.8 Å². The number of aromatic carboxylic acids is 1. The summed E-state index contributed by atoms with van der Waals surface area (Å²) in [6, 6.07) is 22.4. The molecule has 2 aliphatic heterocycles. The highest BCUT2D eigenvalue weighted by atomic mass is 32.2. The van der Waals surface area contributed by atoms with Crippen molar-refractivity contribution in [2.75, 3.05) is 62.4 Å². The number of rotatable bonds is 25. The number of fused-ring (bicyclic) bond motifs is 2. The van der Waals surface area contributed by atoms with E-state index < -0.39 is 69.6 Å². The lowest BCUT2D eigenvalue weighted by atomic mass is 9.39. The van der Waals surface area contributed by atoms with Gasteiger partial charge < -0.3 is 39.8 Å². The molecular weight excluding hydrogens is 1200 g/mol. The van der Waals surface area contributed by atoms with Gasteiger partial charge in [0.2, 0.25) is 11.8 Å². The predicted molar refractivity (Wildman–Crippen MR) is 332 cm³/mol. The van der Waals surface area contributed by atoms with Gasteiger partial charge in [-0.2, -0.15) is 13.5 Å². The van der Waals surface area contributed by atoms with E-state index in [4.69, 9.17) is 24.3 Å². The summed E-state index contributed by atoms with van der Waals surface area (Å²) in [5.74, 6) is -4.52. The summed E-state index contributed by atoms with van der Waals surface area (Å²) in [5, 5.41) is 23.9. The van der Waals surface area contributed by atoms with Crippen LogP contribution in [0.5, 0.6) is 5.75 Å². The Morgan fingerprint density at radius 3 is 2.36 bits per heavy atom. The van der Waals surface area contributed by atoms with Crippen molar-refractivity contribution in [3.05, 3.63) is 131 Å². The van der Waals surface area contributed by atoms with Gasteiger partial charge in [-0.15, -0.1) is 0 Å². The van der Waals surface area contributed by atoms with Gasteiger partial charge in [-0.05, 0) is 122 Å². The Bertz CT molecular complexity index is 3910. The third-order valence-corrected chi connectivity index (χ3v) is 19.5. The van der Waals surface area contributed by atoms with Crippen LogP contribution in [0.25, 0.3) is 21.3 Å². The second kappa shape index (κ2) is 25.4. The summed E-state index contributed by atoms with van der Waals surface area (Å²) in [6.07, 6.45) is 9.40. The Kier molecular flexibility index (Phi) is 17.7. The predicted octanol–water partition coefficient (Wildman–Crippen LogP) is 7.35. The van der Waals surface area contributed by atoms with Crippen LogP contribution in [0.2, 0.25) is 0 Å². The SMILES string of the molecule is Cc1c(-c2ccc(N3CCc4cccc(C(=O)Nc5nc6ccccc6s5)c4C3)nc2C(=O)O)cnn1CC12CC3(C)CC(C)(C1)CC(OCCN(C)C(=O)OCc1ccccc1OCCCNC(=O)[C@H](CS(=O)(=O)O)NC(=O)CCN1C(=O)C=CC1=O)(C3)C2. The molecule has 4 saturated carbocycles. The number of carbonyl (C=O) groups is 7. The number of nitrogens with zero attached hydrogens (tertiary/aromatic N) is 7. The maximum Gasteiger partial charge on any atom is 0.409 e. The van der Waals surface area contributed by atoms with Crippen molar-refractivity contribution in [3.8, 4) is 16.9 Å². The van der Waals surface area contributed by atoms with E-state index in [9.17, 15) is 51.6 Å². The first-order valence-corrected chi connectivity index (χ1v) is 32.4. The highest BCUT2D eigenvalue weighted by Gasteiger charge is 2.66. The van der Waals surface area contributed by atoms with Gasteiger partial charge in [-0.3, -0.25) is 43.4 Å². The van der Waals surface area contributed by atoms with E-state index in [0.29, 0.717) is 65.0 Å². The lowest BCUT2D eigenvalue weighted by Gasteiger charge is -2.69. The number of thiazole rings is 1. The van der Waals surface area contributed by atoms with Crippen LogP contribution in [0.3, 0.4) is 0 Å². The van der Waals surface area contributed by atoms with Crippen LogP contribution in [0.1, 0.15) is 108 Å². The Morgan fingerprint density at radius 2 is 1.61 bits per heavy atom. The quantitative estimate of drug-likeness (QED) is 0.0212. The topological polar surface area (TPSA) is 311 Å². The van der Waals surface area contributed by atoms with E-state index >= 15 is 0 Å². The summed E-state index contributed by atoms with van der Waals surface area (Å²) in [7, 11) is -3.05. The van der Waals surface area contributed by atoms with Crippen molar-refractivity contribution in [3.63, 3.8) is 0 Å². The number of carboxylic acid groups (broad SMARTS) is 1. The first kappa shape index (κ1) is 63.0. The number of hydrogen-bond acceptors (Lipinski definition) is 17. The molecule has 5 N–H and O–H groups in total. The molecule has 26 heteroatoms. The summed E-state index contributed by atoms with van der Waals surface area (Å²) < 4.78 is 54.5. The number of carbonyl (C=O) groups excluding carboxylic acids is 6. The molecule has 24 nitrogen and oxygen atoms in total. The highest BCUT2D eigenvalue weighted by Crippen LogP contribution is 2.72. The fourth-order valence-electron chi connectivity index (χ4n) is 15.0. The second-order valence-corrected chi connectivity index (χ2v) is 27.8. The van der Waals surface area contributed by atoms with Gasteiger partial charge >= 0.3 is 12.1 Å². The molecule has 3 aromatic carbocycles. The highest BCUT2D eigenvalue weighted by molar-refractivity contribution is 7.85. The Labute approximate surface area is 524 Å². The van der Waals surface area contributed by atoms with Crippen LogP contribution >= 0.6 is 11.3 Å². The number of hydrogen-bond donors (Lipinski definition) is 5. The minimum Gasteiger partial charge on any atom is -0.493 e. The number of imide groups is 1. The van der Waals surface area contributed by atoms with Gasteiger partial charge in [-0.25, -0.2) is 19.6 Å². The Balaban J connectivity index is 0.669. The number of ether oxygens (including phenoxy) is 3. The first-order chi connectivity index (χ1) is 42.9. The average molecular weight is 1270 g/mol. The summed E-state index contributed by atoms with van der Waals surface area (Å²) in [5.41, 5.74) is 5.15. The van der Waals surface area contributed by atoms with Gasteiger partial charge in [-0.1, -0.05) is 67.6 Å². The second-order valence-electron chi connectivity index (χ2n) is 25.3. The van der Waals surface area contributed by atoms with E-state index in [1.54, 1.807) is 43.6 Å². The molecule has 4 fully saturated rings. The molecule has 0 radical (unpaired) electrons. The van der Waals surface area contributed by atoms with E-state index in [-0.39, 0.29) is 73.7 Å². The minimum absolute atomic E-state index is 0.00161. The molecule has 90 heavy (non-hydrogen) atoms. The first-order valence-electron chi connectivity index (χ1n) is 30.0. The molecule has 3 atom stereocenters. The number of benzene rings is 3. The van der Waals surface area contributed by atoms with Crippen LogP contribution < -0.4 is 25.6 Å². The maximum absolute atomic E-state index is 13.8. The van der Waals surface area contributed by atoms with Crippen LogP contribution in [0.15, 0.2) is 97.2 Å². The van der Waals surface area contributed by atoms with E-state index in [1.165, 1.54) is 16.2 Å². The molecule has 0 spiro atoms. The van der Waals surface area contributed by atoms with Crippen molar-refractivity contribution in [2.24, 2.45) is 16.2 Å². The molecule has 0 saturated heterocycles. The molecule has 2 unspecified atom stereocenters. The fraction of sp³-hybridized carbons (Fsp3) is 0.438. The molecule has 6 aliphatic rings. The zero-order chi connectivity index (χ0) is 63.8. The number of likely N-dealkylation sites (N-methyl/N-ethyl adjacent to an activating group) is 1. The zero-order valence-electron chi connectivity index (χ0n) is 50.5. The van der Waals surface area contributed by atoms with Crippen LogP contribution in [-0.2, 0) is 64.9 Å². The molecule has 6 amide bonds. The van der Waals surface area contributed by atoms with Crippen molar-refractivity contribution in [1.29, 1.82) is 0 Å². The molecule has 4 bridgehead atoms. The molecular formula is C64H72N10O14S2. The van der Waals surface area contributed by atoms with E-state index in [1.807, 2.05) is 65.0 Å². The molecule has 6 aromatic rings. The van der Waals surface area contributed by atoms with Gasteiger partial charge in [0.05, 0.1) is 35.2 Å². The van der Waals surface area contributed by atoms with Gasteiger partial charge in [0, 0.05) is 92.8 Å². The molecule has 4 aliphatic carbocycles. The average Bonchev–Trinajstić information content (AvgIpc) is 1.03. The smallest absolute Gasteiger partial charge is 0.409 e. The van der Waals surface area contributed by atoms with Crippen molar-refractivity contribution >= 4 is 84.2 Å². The number of amides is 6. The minimum atomic E-state index is -4.70. The van der Waals surface area contributed by atoms with Gasteiger partial charge in [0.1, 0.15) is 30.0 Å². The maximum atomic E-state index is 13.8. The molecule has 474 valence electrons. The van der Waals surface area contributed by atoms with E-state index in [2.05, 4.69) is 34.8 Å². The number of carboxylic acids is 1. The number of nitrogens with one attached hydrogen (secondary N) is 3. The largest absolute Gasteiger partial charge is 0.493 e. The standard InChI is InChI=1S/C64H72N10O14S2/c1-40-45(43-17-18-51(69-55(43)58(80)81)72-24-21-41-12-9-13-44(46(41)30-72)56(78)70-59-68-47-14-6-8-16-50(47)89-59)29-66-74(40)39-63-34-61(2)33-62(3,35-63)37-64(36-61,38-63)88-28-26-71(4)60(82)87-31-42-11-5-7-15-49(42)86-27-10-23-65-57(79)48(32-90(83,84)85)67-52(75)22-25-73-53(76)19-20-54(73)77/h5-9,11-20,29,48H,10,21-28,30-39H2,1-4H3,(H,65,79)(H,67,75)(H,80,81)(H,68,70,78)(H,83,84,85)/t48-,61?,62?,63?,64?/m0/s1. The van der Waals surface area contributed by atoms with Crippen molar-refractivity contribution in [2.45, 2.75) is 110 Å². The van der Waals surface area contributed by atoms with Crippen molar-refractivity contribution in [1.82, 2.24) is 40.2 Å². The number of para-hydroxylation sites is 2.